The molecule has 0 bridgehead atoms. The standard InChI is InChI=1S/C12H13N3O2S2/c16-19(17,10-1-2-10)15-7-11-12(14-5-4-13-11)9-3-6-18-8-9/h3-6,8,10,15H,1-2,7H2. The Labute approximate surface area is 115 Å². The van der Waals surface area contributed by atoms with Gasteiger partial charge in [-0.05, 0) is 24.3 Å². The third-order valence-corrected chi connectivity index (χ3v) is 5.55. The summed E-state index contributed by atoms with van der Waals surface area (Å²) in [6, 6.07) is 1.95. The Balaban J connectivity index is 1.81. The van der Waals surface area contributed by atoms with Gasteiger partial charge in [-0.15, -0.1) is 0 Å². The van der Waals surface area contributed by atoms with Gasteiger partial charge in [-0.2, -0.15) is 11.3 Å². The molecule has 0 amide bonds. The zero-order chi connectivity index (χ0) is 13.3. The summed E-state index contributed by atoms with van der Waals surface area (Å²) in [5.74, 6) is 0. The van der Waals surface area contributed by atoms with Gasteiger partial charge >= 0.3 is 0 Å². The largest absolute Gasteiger partial charge is 0.256 e. The van der Waals surface area contributed by atoms with Crippen LogP contribution in [0, 0.1) is 0 Å². The van der Waals surface area contributed by atoms with E-state index in [4.69, 9.17) is 0 Å². The highest BCUT2D eigenvalue weighted by Crippen LogP contribution is 2.28. The van der Waals surface area contributed by atoms with Crippen molar-refractivity contribution < 1.29 is 8.42 Å². The lowest BCUT2D eigenvalue weighted by molar-refractivity contribution is 0.579. The van der Waals surface area contributed by atoms with Gasteiger partial charge in [0.25, 0.3) is 0 Å². The number of rotatable bonds is 5. The number of nitrogens with zero attached hydrogens (tertiary/aromatic N) is 2. The molecule has 0 aliphatic heterocycles. The molecular weight excluding hydrogens is 282 g/mol. The summed E-state index contributed by atoms with van der Waals surface area (Å²) < 4.78 is 26.2. The van der Waals surface area contributed by atoms with Gasteiger partial charge in [0.15, 0.2) is 0 Å². The highest BCUT2D eigenvalue weighted by molar-refractivity contribution is 7.90. The molecule has 5 nitrogen and oxygen atoms in total. The minimum absolute atomic E-state index is 0.192. The average Bonchev–Trinajstić information content (AvgIpc) is 3.14. The van der Waals surface area contributed by atoms with Gasteiger partial charge in [-0.25, -0.2) is 13.1 Å². The molecule has 3 rings (SSSR count). The van der Waals surface area contributed by atoms with E-state index in [9.17, 15) is 8.42 Å². The fraction of sp³-hybridized carbons (Fsp3) is 0.333. The van der Waals surface area contributed by atoms with Gasteiger partial charge in [-0.3, -0.25) is 9.97 Å². The molecule has 7 heteroatoms. The molecule has 0 aromatic carbocycles. The molecule has 0 saturated heterocycles. The highest BCUT2D eigenvalue weighted by atomic mass is 32.2. The van der Waals surface area contributed by atoms with E-state index < -0.39 is 10.0 Å². The molecule has 1 N–H and O–H groups in total. The van der Waals surface area contributed by atoms with Crippen molar-refractivity contribution in [3.63, 3.8) is 0 Å². The predicted octanol–water partition coefficient (Wildman–Crippen LogP) is 1.79. The van der Waals surface area contributed by atoms with Crippen molar-refractivity contribution in [2.75, 3.05) is 0 Å². The van der Waals surface area contributed by atoms with Crippen molar-refractivity contribution in [2.24, 2.45) is 0 Å². The van der Waals surface area contributed by atoms with Crippen molar-refractivity contribution in [1.82, 2.24) is 14.7 Å². The topological polar surface area (TPSA) is 72.0 Å². The van der Waals surface area contributed by atoms with E-state index in [-0.39, 0.29) is 11.8 Å². The molecule has 1 saturated carbocycles. The van der Waals surface area contributed by atoms with Crippen LogP contribution in [0.5, 0.6) is 0 Å². The molecule has 0 atom stereocenters. The van der Waals surface area contributed by atoms with Crippen LogP contribution in [0.2, 0.25) is 0 Å². The van der Waals surface area contributed by atoms with E-state index in [1.807, 2.05) is 16.8 Å². The lowest BCUT2D eigenvalue weighted by atomic mass is 10.2. The number of thiophene rings is 1. The number of hydrogen-bond acceptors (Lipinski definition) is 5. The first kappa shape index (κ1) is 12.7. The average molecular weight is 295 g/mol. The van der Waals surface area contributed by atoms with Crippen LogP contribution >= 0.6 is 11.3 Å². The molecule has 2 aromatic rings. The Morgan fingerprint density at radius 2 is 2.11 bits per heavy atom. The Morgan fingerprint density at radius 1 is 1.32 bits per heavy atom. The van der Waals surface area contributed by atoms with Crippen molar-refractivity contribution >= 4 is 21.4 Å². The first-order valence-corrected chi connectivity index (χ1v) is 8.46. The van der Waals surface area contributed by atoms with Crippen LogP contribution < -0.4 is 4.72 Å². The van der Waals surface area contributed by atoms with Crippen LogP contribution in [0.4, 0.5) is 0 Å². The molecule has 1 aliphatic rings. The van der Waals surface area contributed by atoms with Crippen LogP contribution in [0.1, 0.15) is 18.5 Å². The third kappa shape index (κ3) is 2.83. The molecule has 100 valence electrons. The van der Waals surface area contributed by atoms with Crippen LogP contribution in [0.3, 0.4) is 0 Å². The summed E-state index contributed by atoms with van der Waals surface area (Å²) in [5, 5.41) is 3.72. The monoisotopic (exact) mass is 295 g/mol. The summed E-state index contributed by atoms with van der Waals surface area (Å²) >= 11 is 1.58. The molecule has 2 heterocycles. The molecule has 0 unspecified atom stereocenters. The number of sulfonamides is 1. The van der Waals surface area contributed by atoms with Crippen molar-refractivity contribution in [2.45, 2.75) is 24.6 Å². The summed E-state index contributed by atoms with van der Waals surface area (Å²) in [6.45, 7) is 0.192. The van der Waals surface area contributed by atoms with Gasteiger partial charge < -0.3 is 0 Å². The molecule has 2 aromatic heterocycles. The minimum Gasteiger partial charge on any atom is -0.256 e. The Hall–Kier alpha value is -1.31. The van der Waals surface area contributed by atoms with E-state index in [1.54, 1.807) is 23.7 Å². The summed E-state index contributed by atoms with van der Waals surface area (Å²) in [7, 11) is -3.19. The summed E-state index contributed by atoms with van der Waals surface area (Å²) in [4.78, 5) is 8.52. The van der Waals surface area contributed by atoms with Gasteiger partial charge in [0.1, 0.15) is 0 Å². The number of nitrogens with one attached hydrogen (secondary N) is 1. The maximum absolute atomic E-state index is 11.8. The van der Waals surface area contributed by atoms with Gasteiger partial charge in [0, 0.05) is 23.3 Å². The second-order valence-electron chi connectivity index (χ2n) is 4.43. The molecule has 1 fully saturated rings. The van der Waals surface area contributed by atoms with E-state index in [0.717, 1.165) is 24.1 Å². The van der Waals surface area contributed by atoms with Crippen LogP contribution in [0.15, 0.2) is 29.2 Å². The van der Waals surface area contributed by atoms with Crippen LogP contribution in [0.25, 0.3) is 11.3 Å². The first-order valence-electron chi connectivity index (χ1n) is 5.98. The van der Waals surface area contributed by atoms with E-state index in [0.29, 0.717) is 5.69 Å². The van der Waals surface area contributed by atoms with E-state index in [2.05, 4.69) is 14.7 Å². The maximum atomic E-state index is 11.8. The lowest BCUT2D eigenvalue weighted by Gasteiger charge is -2.08. The second kappa shape index (κ2) is 4.99. The molecular formula is C12H13N3O2S2. The zero-order valence-corrected chi connectivity index (χ0v) is 11.7. The fourth-order valence-electron chi connectivity index (χ4n) is 1.80. The Morgan fingerprint density at radius 3 is 2.79 bits per heavy atom. The van der Waals surface area contributed by atoms with Crippen molar-refractivity contribution in [1.29, 1.82) is 0 Å². The summed E-state index contributed by atoms with van der Waals surface area (Å²) in [6.07, 6.45) is 4.71. The lowest BCUT2D eigenvalue weighted by Crippen LogP contribution is -2.27. The summed E-state index contributed by atoms with van der Waals surface area (Å²) in [5.41, 5.74) is 2.37. The number of hydrogen-bond donors (Lipinski definition) is 1. The van der Waals surface area contributed by atoms with Gasteiger partial charge in [0.2, 0.25) is 10.0 Å². The van der Waals surface area contributed by atoms with E-state index >= 15 is 0 Å². The molecule has 0 spiro atoms. The highest BCUT2D eigenvalue weighted by Gasteiger charge is 2.35. The van der Waals surface area contributed by atoms with Crippen LogP contribution in [-0.2, 0) is 16.6 Å². The van der Waals surface area contributed by atoms with Crippen molar-refractivity contribution in [3.8, 4) is 11.3 Å². The zero-order valence-electron chi connectivity index (χ0n) is 10.1. The smallest absolute Gasteiger partial charge is 0.214 e. The fourth-order valence-corrected chi connectivity index (χ4v) is 3.77. The van der Waals surface area contributed by atoms with Gasteiger partial charge in [0.05, 0.1) is 23.2 Å². The van der Waals surface area contributed by atoms with Crippen LogP contribution in [-0.4, -0.2) is 23.6 Å². The quantitative estimate of drug-likeness (QED) is 0.912. The van der Waals surface area contributed by atoms with E-state index in [1.165, 1.54) is 0 Å². The normalized spacial score (nSPS) is 15.6. The molecule has 0 radical (unpaired) electrons. The predicted molar refractivity (Wildman–Crippen MR) is 74.1 cm³/mol. The van der Waals surface area contributed by atoms with Crippen molar-refractivity contribution in [3.05, 3.63) is 34.9 Å². The van der Waals surface area contributed by atoms with Gasteiger partial charge in [-0.1, -0.05) is 0 Å². The SMILES string of the molecule is O=S(=O)(NCc1nccnc1-c1ccsc1)C1CC1. The Bertz CT molecular complexity index is 664. The minimum atomic E-state index is -3.19. The first-order chi connectivity index (χ1) is 9.17. The number of aromatic nitrogens is 2. The third-order valence-electron chi connectivity index (χ3n) is 2.97. The maximum Gasteiger partial charge on any atom is 0.214 e. The molecule has 1 aliphatic carbocycles. The Kier molecular flexibility index (Phi) is 3.34. The molecule has 19 heavy (non-hydrogen) atoms. The second-order valence-corrected chi connectivity index (χ2v) is 7.25.